The Hall–Kier alpha value is -1.06. The fourth-order valence-electron chi connectivity index (χ4n) is 2.49. The predicted octanol–water partition coefficient (Wildman–Crippen LogP) is 1.49. The first kappa shape index (κ1) is 11.1. The molecule has 0 saturated carbocycles. The Morgan fingerprint density at radius 2 is 2.18 bits per heavy atom. The van der Waals surface area contributed by atoms with Crippen molar-refractivity contribution in [3.63, 3.8) is 0 Å². The lowest BCUT2D eigenvalue weighted by molar-refractivity contribution is 0.199. The van der Waals surface area contributed by atoms with E-state index in [2.05, 4.69) is 34.5 Å². The number of nitrogens with zero attached hydrogens (tertiary/aromatic N) is 1. The van der Waals surface area contributed by atoms with Gasteiger partial charge in [0.15, 0.2) is 0 Å². The van der Waals surface area contributed by atoms with Gasteiger partial charge in [0.05, 0.1) is 0 Å². The van der Waals surface area contributed by atoms with Gasteiger partial charge in [0, 0.05) is 18.7 Å². The van der Waals surface area contributed by atoms with Gasteiger partial charge in [-0.1, -0.05) is 18.2 Å². The number of nitrogens with one attached hydrogen (secondary N) is 1. The van der Waals surface area contributed by atoms with E-state index in [0.29, 0.717) is 0 Å². The van der Waals surface area contributed by atoms with Gasteiger partial charge in [0.2, 0.25) is 0 Å². The quantitative estimate of drug-likeness (QED) is 0.854. The summed E-state index contributed by atoms with van der Waals surface area (Å²) in [5.41, 5.74) is 1.33. The van der Waals surface area contributed by atoms with Crippen LogP contribution in [-0.4, -0.2) is 37.7 Å². The van der Waals surface area contributed by atoms with Crippen LogP contribution in [0.25, 0.3) is 0 Å². The molecule has 1 aromatic rings. The van der Waals surface area contributed by atoms with Gasteiger partial charge in [-0.05, 0) is 38.0 Å². The molecule has 0 bridgehead atoms. The van der Waals surface area contributed by atoms with Gasteiger partial charge in [-0.3, -0.25) is 4.90 Å². The fraction of sp³-hybridized carbons (Fsp3) is 0.571. The number of hydrogen-bond acceptors (Lipinski definition) is 3. The molecule has 1 fully saturated rings. The van der Waals surface area contributed by atoms with Crippen molar-refractivity contribution in [3.05, 3.63) is 29.8 Å². The monoisotopic (exact) mass is 232 g/mol. The highest BCUT2D eigenvalue weighted by Crippen LogP contribution is 2.22. The average Bonchev–Trinajstić information content (AvgIpc) is 2.48. The van der Waals surface area contributed by atoms with E-state index in [1.54, 1.807) is 0 Å². The Balaban J connectivity index is 1.59. The molecular weight excluding hydrogens is 212 g/mol. The molecule has 0 aliphatic carbocycles. The van der Waals surface area contributed by atoms with Gasteiger partial charge >= 0.3 is 0 Å². The van der Waals surface area contributed by atoms with Gasteiger partial charge in [0.25, 0.3) is 0 Å². The Kier molecular flexibility index (Phi) is 3.29. The first-order valence-corrected chi connectivity index (χ1v) is 6.55. The lowest BCUT2D eigenvalue weighted by atomic mass is 9.99. The Morgan fingerprint density at radius 3 is 3.00 bits per heavy atom. The summed E-state index contributed by atoms with van der Waals surface area (Å²) in [6.07, 6.45) is 1.31. The molecule has 3 heteroatoms. The number of benzene rings is 1. The van der Waals surface area contributed by atoms with Crippen LogP contribution in [0.5, 0.6) is 5.75 Å². The van der Waals surface area contributed by atoms with Crippen LogP contribution < -0.4 is 10.1 Å². The first-order chi connectivity index (χ1) is 8.42. The van der Waals surface area contributed by atoms with Crippen LogP contribution in [0.15, 0.2) is 24.3 Å². The lowest BCUT2D eigenvalue weighted by Gasteiger charge is -2.29. The third kappa shape index (κ3) is 2.61. The van der Waals surface area contributed by atoms with Gasteiger partial charge in [-0.15, -0.1) is 0 Å². The van der Waals surface area contributed by atoms with Gasteiger partial charge in [-0.25, -0.2) is 0 Å². The maximum Gasteiger partial charge on any atom is 0.123 e. The van der Waals surface area contributed by atoms with Crippen molar-refractivity contribution in [1.82, 2.24) is 10.2 Å². The van der Waals surface area contributed by atoms with Crippen molar-refractivity contribution >= 4 is 0 Å². The largest absolute Gasteiger partial charge is 0.492 e. The molecule has 0 atom stereocenters. The zero-order valence-electron chi connectivity index (χ0n) is 10.2. The van der Waals surface area contributed by atoms with E-state index in [1.807, 2.05) is 0 Å². The summed E-state index contributed by atoms with van der Waals surface area (Å²) in [6.45, 7) is 6.52. The number of ether oxygens (including phenoxy) is 1. The van der Waals surface area contributed by atoms with Gasteiger partial charge in [0.1, 0.15) is 12.4 Å². The average molecular weight is 232 g/mol. The van der Waals surface area contributed by atoms with Crippen LogP contribution in [0, 0.1) is 5.92 Å². The van der Waals surface area contributed by atoms with Crippen LogP contribution >= 0.6 is 0 Å². The van der Waals surface area contributed by atoms with Crippen molar-refractivity contribution in [2.75, 3.05) is 32.8 Å². The summed E-state index contributed by atoms with van der Waals surface area (Å²) >= 11 is 0. The summed E-state index contributed by atoms with van der Waals surface area (Å²) in [5.74, 6) is 1.97. The first-order valence-electron chi connectivity index (χ1n) is 6.55. The number of rotatable bonds is 3. The van der Waals surface area contributed by atoms with E-state index < -0.39 is 0 Å². The van der Waals surface area contributed by atoms with Crippen molar-refractivity contribution in [3.8, 4) is 5.75 Å². The van der Waals surface area contributed by atoms with Crippen LogP contribution in [0.2, 0.25) is 0 Å². The molecule has 3 rings (SSSR count). The molecular formula is C14H20N2O. The molecule has 0 amide bonds. The van der Waals surface area contributed by atoms with Crippen LogP contribution in [0.3, 0.4) is 0 Å². The summed E-state index contributed by atoms with van der Waals surface area (Å²) in [5, 5.41) is 3.33. The van der Waals surface area contributed by atoms with Crippen molar-refractivity contribution in [2.24, 2.45) is 5.92 Å². The fourth-order valence-corrected chi connectivity index (χ4v) is 2.49. The second-order valence-corrected chi connectivity index (χ2v) is 5.05. The van der Waals surface area contributed by atoms with Gasteiger partial charge < -0.3 is 10.1 Å². The Morgan fingerprint density at radius 1 is 1.29 bits per heavy atom. The molecule has 1 aromatic carbocycles. The zero-order valence-corrected chi connectivity index (χ0v) is 10.2. The highest BCUT2D eigenvalue weighted by atomic mass is 16.5. The lowest BCUT2D eigenvalue weighted by Crippen LogP contribution is -2.43. The van der Waals surface area contributed by atoms with E-state index in [1.165, 1.54) is 31.6 Å². The second kappa shape index (κ2) is 5.07. The standard InChI is InChI=1S/C14H20N2O/c1-2-4-14-13(3-1)11-16(7-8-17-14)6-5-12-9-15-10-12/h1-4,12,15H,5-11H2. The van der Waals surface area contributed by atoms with Crippen LogP contribution in [0.4, 0.5) is 0 Å². The Labute approximate surface area is 103 Å². The predicted molar refractivity (Wildman–Crippen MR) is 68.2 cm³/mol. The second-order valence-electron chi connectivity index (χ2n) is 5.05. The molecule has 0 radical (unpaired) electrons. The highest BCUT2D eigenvalue weighted by molar-refractivity contribution is 5.33. The van der Waals surface area contributed by atoms with E-state index in [9.17, 15) is 0 Å². The number of hydrogen-bond donors (Lipinski definition) is 1. The molecule has 0 spiro atoms. The number of para-hydroxylation sites is 1. The maximum atomic E-state index is 5.77. The van der Waals surface area contributed by atoms with Crippen LogP contribution in [-0.2, 0) is 6.54 Å². The summed E-state index contributed by atoms with van der Waals surface area (Å²) < 4.78 is 5.77. The zero-order chi connectivity index (χ0) is 11.5. The van der Waals surface area contributed by atoms with Crippen LogP contribution in [0.1, 0.15) is 12.0 Å². The van der Waals surface area contributed by atoms with Crippen molar-refractivity contribution in [2.45, 2.75) is 13.0 Å². The molecule has 2 aliphatic heterocycles. The molecule has 92 valence electrons. The minimum absolute atomic E-state index is 0.819. The van der Waals surface area contributed by atoms with E-state index >= 15 is 0 Å². The summed E-state index contributed by atoms with van der Waals surface area (Å²) in [7, 11) is 0. The molecule has 0 unspecified atom stereocenters. The molecule has 1 saturated heterocycles. The summed E-state index contributed by atoms with van der Waals surface area (Å²) in [6, 6.07) is 8.41. The molecule has 3 nitrogen and oxygen atoms in total. The maximum absolute atomic E-state index is 5.77. The molecule has 0 aromatic heterocycles. The minimum atomic E-state index is 0.819. The third-order valence-electron chi connectivity index (χ3n) is 3.75. The Bertz CT molecular complexity index is 376. The van der Waals surface area contributed by atoms with Crippen molar-refractivity contribution < 1.29 is 4.74 Å². The third-order valence-corrected chi connectivity index (χ3v) is 3.75. The molecule has 2 heterocycles. The van der Waals surface area contributed by atoms with E-state index in [0.717, 1.165) is 31.4 Å². The number of fused-ring (bicyclic) bond motifs is 1. The highest BCUT2D eigenvalue weighted by Gasteiger charge is 2.19. The normalized spacial score (nSPS) is 21.2. The molecule has 2 aliphatic rings. The topological polar surface area (TPSA) is 24.5 Å². The molecule has 17 heavy (non-hydrogen) atoms. The summed E-state index contributed by atoms with van der Waals surface area (Å²) in [4.78, 5) is 2.52. The molecule has 1 N–H and O–H groups in total. The van der Waals surface area contributed by atoms with Crippen molar-refractivity contribution in [1.29, 1.82) is 0 Å². The SMILES string of the molecule is c1ccc2c(c1)CN(CCC1CNC1)CCO2. The minimum Gasteiger partial charge on any atom is -0.492 e. The van der Waals surface area contributed by atoms with Gasteiger partial charge in [-0.2, -0.15) is 0 Å². The smallest absolute Gasteiger partial charge is 0.123 e. The van der Waals surface area contributed by atoms with E-state index in [-0.39, 0.29) is 0 Å². The van der Waals surface area contributed by atoms with E-state index in [4.69, 9.17) is 4.74 Å².